The van der Waals surface area contributed by atoms with Gasteiger partial charge in [-0.2, -0.15) is 8.42 Å². The van der Waals surface area contributed by atoms with Gasteiger partial charge in [0.1, 0.15) is 23.0 Å². The van der Waals surface area contributed by atoms with Gasteiger partial charge in [-0.1, -0.05) is 30.3 Å². The van der Waals surface area contributed by atoms with Gasteiger partial charge in [-0.25, -0.2) is 0 Å². The van der Waals surface area contributed by atoms with Crippen LogP contribution >= 0.6 is 0 Å². The zero-order valence-electron chi connectivity index (χ0n) is 15.5. The molecule has 0 spiro atoms. The van der Waals surface area contributed by atoms with Crippen molar-refractivity contribution in [1.29, 1.82) is 0 Å². The van der Waals surface area contributed by atoms with Gasteiger partial charge in [0, 0.05) is 6.07 Å². The maximum Gasteiger partial charge on any atom is 0.339 e. The van der Waals surface area contributed by atoms with Crippen molar-refractivity contribution in [2.45, 2.75) is 11.5 Å². The summed E-state index contributed by atoms with van der Waals surface area (Å²) in [6.07, 6.45) is 0. The number of rotatable bonds is 8. The maximum absolute atomic E-state index is 12.5. The van der Waals surface area contributed by atoms with E-state index in [1.807, 2.05) is 30.3 Å². The second-order valence-electron chi connectivity index (χ2n) is 5.80. The molecule has 6 nitrogen and oxygen atoms in total. The minimum atomic E-state index is -4.02. The first-order chi connectivity index (χ1) is 13.5. The van der Waals surface area contributed by atoms with E-state index in [1.165, 1.54) is 32.4 Å². The van der Waals surface area contributed by atoms with Crippen LogP contribution in [0.3, 0.4) is 0 Å². The third-order valence-electron chi connectivity index (χ3n) is 3.92. The highest BCUT2D eigenvalue weighted by Gasteiger charge is 2.19. The van der Waals surface area contributed by atoms with Gasteiger partial charge in [-0.05, 0) is 42.0 Å². The molecular weight excluding hydrogens is 380 g/mol. The van der Waals surface area contributed by atoms with E-state index in [2.05, 4.69) is 0 Å². The molecular formula is C21H20O6S. The van der Waals surface area contributed by atoms with Gasteiger partial charge >= 0.3 is 10.1 Å². The lowest BCUT2D eigenvalue weighted by molar-refractivity contribution is 0.306. The van der Waals surface area contributed by atoms with Gasteiger partial charge < -0.3 is 18.4 Å². The third-order valence-corrected chi connectivity index (χ3v) is 5.16. The van der Waals surface area contributed by atoms with E-state index < -0.39 is 10.1 Å². The Kier molecular flexibility index (Phi) is 6.06. The van der Waals surface area contributed by atoms with Gasteiger partial charge in [0.15, 0.2) is 11.5 Å². The number of hydrogen-bond donors (Lipinski definition) is 0. The Morgan fingerprint density at radius 3 is 2.04 bits per heavy atom. The summed E-state index contributed by atoms with van der Waals surface area (Å²) in [6.45, 7) is 0.422. The molecule has 0 radical (unpaired) electrons. The second-order valence-corrected chi connectivity index (χ2v) is 7.35. The zero-order chi connectivity index (χ0) is 20.0. The molecule has 0 saturated heterocycles. The Hall–Kier alpha value is -3.19. The summed E-state index contributed by atoms with van der Waals surface area (Å²) in [5.41, 5.74) is 1.04. The molecule has 0 aromatic heterocycles. The lowest BCUT2D eigenvalue weighted by Crippen LogP contribution is -2.10. The maximum atomic E-state index is 12.5. The monoisotopic (exact) mass is 400 g/mol. The molecule has 0 saturated carbocycles. The van der Waals surface area contributed by atoms with Crippen LogP contribution in [-0.4, -0.2) is 22.6 Å². The molecule has 0 aliphatic carbocycles. The zero-order valence-corrected chi connectivity index (χ0v) is 16.3. The lowest BCUT2D eigenvalue weighted by Gasteiger charge is -2.11. The topological polar surface area (TPSA) is 71.1 Å². The molecule has 0 heterocycles. The highest BCUT2D eigenvalue weighted by molar-refractivity contribution is 7.87. The molecule has 0 atom stereocenters. The standard InChI is InChI=1S/C21H20O6S/c1-24-20-13-12-19(14-21(20)25-2)28(22,23)27-18-10-8-17(9-11-18)26-15-16-6-4-3-5-7-16/h3-14H,15H2,1-2H3. The van der Waals surface area contributed by atoms with Crippen molar-refractivity contribution in [3.63, 3.8) is 0 Å². The van der Waals surface area contributed by atoms with E-state index in [4.69, 9.17) is 18.4 Å². The highest BCUT2D eigenvalue weighted by atomic mass is 32.2. The molecule has 3 aromatic rings. The molecule has 3 rings (SSSR count). The number of methoxy groups -OCH3 is 2. The van der Waals surface area contributed by atoms with Crippen molar-refractivity contribution in [3.8, 4) is 23.0 Å². The predicted octanol–water partition coefficient (Wildman–Crippen LogP) is 4.05. The van der Waals surface area contributed by atoms with E-state index in [-0.39, 0.29) is 10.6 Å². The Labute approximate surface area is 164 Å². The average Bonchev–Trinajstić information content (AvgIpc) is 2.73. The fourth-order valence-electron chi connectivity index (χ4n) is 2.48. The van der Waals surface area contributed by atoms with Crippen LogP contribution in [0.15, 0.2) is 77.7 Å². The smallest absolute Gasteiger partial charge is 0.339 e. The molecule has 0 fully saturated rings. The third kappa shape index (κ3) is 4.75. The molecule has 0 amide bonds. The van der Waals surface area contributed by atoms with Gasteiger partial charge in [-0.15, -0.1) is 0 Å². The Balaban J connectivity index is 1.69. The molecule has 0 aliphatic rings. The summed E-state index contributed by atoms with van der Waals surface area (Å²) >= 11 is 0. The highest BCUT2D eigenvalue weighted by Crippen LogP contribution is 2.31. The molecule has 0 aliphatic heterocycles. The normalized spacial score (nSPS) is 10.9. The molecule has 0 N–H and O–H groups in total. The van der Waals surface area contributed by atoms with Crippen LogP contribution in [0.25, 0.3) is 0 Å². The van der Waals surface area contributed by atoms with E-state index in [1.54, 1.807) is 24.3 Å². The minimum Gasteiger partial charge on any atom is -0.493 e. The first kappa shape index (κ1) is 19.6. The Morgan fingerprint density at radius 2 is 1.39 bits per heavy atom. The largest absolute Gasteiger partial charge is 0.493 e. The Morgan fingerprint density at radius 1 is 0.750 bits per heavy atom. The first-order valence-corrected chi connectivity index (χ1v) is 9.86. The summed E-state index contributed by atoms with van der Waals surface area (Å²) in [5, 5.41) is 0. The molecule has 146 valence electrons. The van der Waals surface area contributed by atoms with Crippen LogP contribution in [0.5, 0.6) is 23.0 Å². The van der Waals surface area contributed by atoms with Crippen LogP contribution < -0.4 is 18.4 Å². The summed E-state index contributed by atoms with van der Waals surface area (Å²) in [7, 11) is -1.11. The summed E-state index contributed by atoms with van der Waals surface area (Å²) < 4.78 is 46.2. The number of ether oxygens (including phenoxy) is 3. The molecule has 0 unspecified atom stereocenters. The van der Waals surface area contributed by atoms with Crippen LogP contribution in [0.4, 0.5) is 0 Å². The fourth-order valence-corrected chi connectivity index (χ4v) is 3.43. The fraction of sp³-hybridized carbons (Fsp3) is 0.143. The van der Waals surface area contributed by atoms with Crippen molar-refractivity contribution in [1.82, 2.24) is 0 Å². The van der Waals surface area contributed by atoms with Gasteiger partial charge in [0.05, 0.1) is 14.2 Å². The van der Waals surface area contributed by atoms with Crippen molar-refractivity contribution < 1.29 is 26.8 Å². The number of benzene rings is 3. The SMILES string of the molecule is COc1ccc(S(=O)(=O)Oc2ccc(OCc3ccccc3)cc2)cc1OC. The van der Waals surface area contributed by atoms with Crippen LogP contribution in [0, 0.1) is 0 Å². The second kappa shape index (κ2) is 8.67. The van der Waals surface area contributed by atoms with Gasteiger partial charge in [-0.3, -0.25) is 0 Å². The van der Waals surface area contributed by atoms with Gasteiger partial charge in [0.25, 0.3) is 0 Å². The molecule has 0 bridgehead atoms. The minimum absolute atomic E-state index is 0.0328. The van der Waals surface area contributed by atoms with Crippen molar-refractivity contribution in [2.75, 3.05) is 14.2 Å². The van der Waals surface area contributed by atoms with Crippen LogP contribution in [-0.2, 0) is 16.7 Å². The Bertz CT molecular complexity index is 1010. The lowest BCUT2D eigenvalue weighted by atomic mass is 10.2. The quantitative estimate of drug-likeness (QED) is 0.531. The molecule has 7 heteroatoms. The van der Waals surface area contributed by atoms with Crippen LogP contribution in [0.2, 0.25) is 0 Å². The van der Waals surface area contributed by atoms with Crippen molar-refractivity contribution in [3.05, 3.63) is 78.4 Å². The van der Waals surface area contributed by atoms with Gasteiger partial charge in [0.2, 0.25) is 0 Å². The predicted molar refractivity (Wildman–Crippen MR) is 105 cm³/mol. The van der Waals surface area contributed by atoms with Crippen LogP contribution in [0.1, 0.15) is 5.56 Å². The summed E-state index contributed by atoms with van der Waals surface area (Å²) in [5.74, 6) is 1.53. The van der Waals surface area contributed by atoms with E-state index in [0.29, 0.717) is 23.9 Å². The van der Waals surface area contributed by atoms with Crippen molar-refractivity contribution in [2.24, 2.45) is 0 Å². The van der Waals surface area contributed by atoms with E-state index in [0.717, 1.165) is 5.56 Å². The summed E-state index contributed by atoms with van der Waals surface area (Å²) in [4.78, 5) is -0.0328. The average molecular weight is 400 g/mol. The molecule has 3 aromatic carbocycles. The van der Waals surface area contributed by atoms with E-state index in [9.17, 15) is 8.42 Å². The number of hydrogen-bond acceptors (Lipinski definition) is 6. The molecule has 28 heavy (non-hydrogen) atoms. The van der Waals surface area contributed by atoms with Crippen molar-refractivity contribution >= 4 is 10.1 Å². The first-order valence-electron chi connectivity index (χ1n) is 8.45. The summed E-state index contributed by atoms with van der Waals surface area (Å²) in [6, 6.07) is 20.4. The van der Waals surface area contributed by atoms with E-state index >= 15 is 0 Å².